The number of furan rings is 1. The van der Waals surface area contributed by atoms with Gasteiger partial charge in [0, 0.05) is 44.3 Å². The second-order valence-corrected chi connectivity index (χ2v) is 12.3. The van der Waals surface area contributed by atoms with Crippen LogP contribution < -0.4 is 0 Å². The van der Waals surface area contributed by atoms with Crippen molar-refractivity contribution in [2.45, 2.75) is 0 Å². The molecule has 5 heteroatoms. The van der Waals surface area contributed by atoms with Crippen LogP contribution in [0.1, 0.15) is 0 Å². The van der Waals surface area contributed by atoms with Crippen molar-refractivity contribution in [1.29, 1.82) is 0 Å². The zero-order valence-electron chi connectivity index (χ0n) is 26.4. The van der Waals surface area contributed by atoms with Gasteiger partial charge in [-0.15, -0.1) is 0 Å². The zero-order chi connectivity index (χ0) is 32.3. The van der Waals surface area contributed by atoms with E-state index in [2.05, 4.69) is 124 Å². The summed E-state index contributed by atoms with van der Waals surface area (Å²) in [6.45, 7) is 0. The van der Waals surface area contributed by atoms with Gasteiger partial charge in [-0.05, 0) is 36.4 Å². The first kappa shape index (κ1) is 27.4. The summed E-state index contributed by atoms with van der Waals surface area (Å²) >= 11 is 0. The minimum Gasteiger partial charge on any atom is -0.440 e. The summed E-state index contributed by atoms with van der Waals surface area (Å²) in [6, 6.07) is 58.8. The maximum absolute atomic E-state index is 6.58. The van der Waals surface area contributed by atoms with Gasteiger partial charge in [-0.2, -0.15) is 0 Å². The molecule has 0 radical (unpaired) electrons. The Kier molecular flexibility index (Phi) is 6.11. The second-order valence-electron chi connectivity index (χ2n) is 12.3. The Labute approximate surface area is 282 Å². The fraction of sp³-hybridized carbons (Fsp3) is 0. The van der Waals surface area contributed by atoms with Crippen LogP contribution >= 0.6 is 0 Å². The first-order valence-electron chi connectivity index (χ1n) is 16.4. The minimum atomic E-state index is 0.623. The summed E-state index contributed by atoms with van der Waals surface area (Å²) in [4.78, 5) is 10.5. The fourth-order valence-electron chi connectivity index (χ4n) is 7.14. The molecule has 0 N–H and O–H groups in total. The molecule has 0 amide bonds. The highest BCUT2D eigenvalue weighted by Gasteiger charge is 2.21. The summed E-state index contributed by atoms with van der Waals surface area (Å²) in [7, 11) is 0. The van der Waals surface area contributed by atoms with Gasteiger partial charge in [-0.25, -0.2) is 9.97 Å². The Morgan fingerprint density at radius 1 is 0.367 bits per heavy atom. The van der Waals surface area contributed by atoms with E-state index in [0.29, 0.717) is 5.95 Å². The number of benzene rings is 6. The Morgan fingerprint density at radius 2 is 0.857 bits per heavy atom. The van der Waals surface area contributed by atoms with E-state index >= 15 is 0 Å². The molecule has 0 fully saturated rings. The predicted octanol–water partition coefficient (Wildman–Crippen LogP) is 11.3. The third kappa shape index (κ3) is 4.40. The third-order valence-corrected chi connectivity index (χ3v) is 9.39. The van der Waals surface area contributed by atoms with Gasteiger partial charge in [0.2, 0.25) is 11.8 Å². The van der Waals surface area contributed by atoms with Crippen molar-refractivity contribution in [2.24, 2.45) is 0 Å². The topological polar surface area (TPSA) is 48.8 Å². The standard InChI is InChI=1S/C44H28N4O/c1-4-14-29(15-5-1)36-27-37(30-16-6-2-7-17-30)46-44(45-36)48-39-23-13-11-21-33(39)35-26-34-32-20-10-12-22-38(32)47(40(34)28-41(35)48)43-25-24-42(49-43)31-18-8-3-9-19-31/h1-28H. The number of nitrogens with zero attached hydrogens (tertiary/aromatic N) is 4. The molecule has 6 aromatic carbocycles. The number of rotatable bonds is 5. The van der Waals surface area contributed by atoms with Gasteiger partial charge in [0.25, 0.3) is 0 Å². The van der Waals surface area contributed by atoms with Crippen molar-refractivity contribution in [3.8, 4) is 45.7 Å². The number of hydrogen-bond donors (Lipinski definition) is 0. The molecule has 0 saturated heterocycles. The molecular weight excluding hydrogens is 601 g/mol. The van der Waals surface area contributed by atoms with Crippen LogP contribution in [-0.2, 0) is 0 Å². The molecule has 0 unspecified atom stereocenters. The van der Waals surface area contributed by atoms with Crippen molar-refractivity contribution >= 4 is 43.6 Å². The predicted molar refractivity (Wildman–Crippen MR) is 199 cm³/mol. The number of hydrogen-bond acceptors (Lipinski definition) is 3. The highest BCUT2D eigenvalue weighted by Crippen LogP contribution is 2.40. The van der Waals surface area contributed by atoms with E-state index in [9.17, 15) is 0 Å². The minimum absolute atomic E-state index is 0.623. The van der Waals surface area contributed by atoms with E-state index in [1.165, 1.54) is 5.39 Å². The molecule has 230 valence electrons. The Bertz CT molecular complexity index is 2750. The molecule has 0 saturated carbocycles. The van der Waals surface area contributed by atoms with Crippen LogP contribution in [0.5, 0.6) is 0 Å². The number of fused-ring (bicyclic) bond motifs is 6. The summed E-state index contributed by atoms with van der Waals surface area (Å²) in [5.41, 5.74) is 9.08. The van der Waals surface area contributed by atoms with Crippen molar-refractivity contribution in [3.05, 3.63) is 170 Å². The van der Waals surface area contributed by atoms with E-state index in [4.69, 9.17) is 14.4 Å². The first-order valence-corrected chi connectivity index (χ1v) is 16.4. The van der Waals surface area contributed by atoms with Crippen LogP contribution in [0.2, 0.25) is 0 Å². The van der Waals surface area contributed by atoms with E-state index in [1.54, 1.807) is 0 Å². The summed E-state index contributed by atoms with van der Waals surface area (Å²) in [6.07, 6.45) is 0. The lowest BCUT2D eigenvalue weighted by atomic mass is 10.1. The molecular formula is C44H28N4O. The van der Waals surface area contributed by atoms with Crippen molar-refractivity contribution in [3.63, 3.8) is 0 Å². The van der Waals surface area contributed by atoms with E-state index < -0.39 is 0 Å². The van der Waals surface area contributed by atoms with Crippen molar-refractivity contribution in [1.82, 2.24) is 19.1 Å². The van der Waals surface area contributed by atoms with E-state index in [0.717, 1.165) is 77.9 Å². The molecule has 0 spiro atoms. The summed E-state index contributed by atoms with van der Waals surface area (Å²) in [5, 5.41) is 4.62. The quantitative estimate of drug-likeness (QED) is 0.191. The van der Waals surface area contributed by atoms with Crippen LogP contribution in [0, 0.1) is 0 Å². The maximum atomic E-state index is 6.58. The van der Waals surface area contributed by atoms with Gasteiger partial charge in [-0.3, -0.25) is 9.13 Å². The first-order chi connectivity index (χ1) is 24.3. The number of para-hydroxylation sites is 2. The second kappa shape index (κ2) is 10.9. The van der Waals surface area contributed by atoms with Crippen LogP contribution in [-0.4, -0.2) is 19.1 Å². The molecule has 49 heavy (non-hydrogen) atoms. The third-order valence-electron chi connectivity index (χ3n) is 9.39. The van der Waals surface area contributed by atoms with E-state index in [-0.39, 0.29) is 0 Å². The van der Waals surface area contributed by atoms with Gasteiger partial charge in [0.15, 0.2) is 0 Å². The summed E-state index contributed by atoms with van der Waals surface area (Å²) < 4.78 is 11.0. The molecule has 10 rings (SSSR count). The largest absolute Gasteiger partial charge is 0.440 e. The average molecular weight is 629 g/mol. The Hall–Kier alpha value is -6.72. The van der Waals surface area contributed by atoms with E-state index in [1.807, 2.05) is 54.6 Å². The Balaban J connectivity index is 1.28. The van der Waals surface area contributed by atoms with Gasteiger partial charge in [-0.1, -0.05) is 127 Å². The van der Waals surface area contributed by atoms with Crippen molar-refractivity contribution in [2.75, 3.05) is 0 Å². The normalized spacial score (nSPS) is 11.7. The van der Waals surface area contributed by atoms with Crippen LogP contribution in [0.15, 0.2) is 174 Å². The lowest BCUT2D eigenvalue weighted by molar-refractivity contribution is 0.560. The summed E-state index contributed by atoms with van der Waals surface area (Å²) in [5.74, 6) is 2.22. The van der Waals surface area contributed by atoms with Gasteiger partial charge >= 0.3 is 0 Å². The van der Waals surface area contributed by atoms with Crippen LogP contribution in [0.25, 0.3) is 89.3 Å². The van der Waals surface area contributed by atoms with Gasteiger partial charge in [0.1, 0.15) is 5.76 Å². The SMILES string of the molecule is c1ccc(-c2cc(-c3ccccc3)nc(-n3c4ccccc4c4cc5c6ccccc6n(-c6ccc(-c7ccccc7)o6)c5cc43)n2)cc1. The number of aromatic nitrogens is 4. The molecule has 4 aromatic heterocycles. The smallest absolute Gasteiger partial charge is 0.235 e. The molecule has 0 bridgehead atoms. The average Bonchev–Trinajstić information content (AvgIpc) is 3.87. The maximum Gasteiger partial charge on any atom is 0.235 e. The molecule has 0 aliphatic carbocycles. The highest BCUT2D eigenvalue weighted by molar-refractivity contribution is 6.19. The lowest BCUT2D eigenvalue weighted by Crippen LogP contribution is -2.04. The monoisotopic (exact) mass is 628 g/mol. The molecule has 5 nitrogen and oxygen atoms in total. The van der Waals surface area contributed by atoms with Crippen LogP contribution in [0.4, 0.5) is 0 Å². The molecule has 4 heterocycles. The van der Waals surface area contributed by atoms with Crippen molar-refractivity contribution < 1.29 is 4.42 Å². The molecule has 0 aliphatic heterocycles. The van der Waals surface area contributed by atoms with Crippen LogP contribution in [0.3, 0.4) is 0 Å². The molecule has 0 aliphatic rings. The highest BCUT2D eigenvalue weighted by atomic mass is 16.4. The van der Waals surface area contributed by atoms with Gasteiger partial charge in [0.05, 0.1) is 33.5 Å². The molecule has 0 atom stereocenters. The Morgan fingerprint density at radius 3 is 1.45 bits per heavy atom. The zero-order valence-corrected chi connectivity index (χ0v) is 26.4. The lowest BCUT2D eigenvalue weighted by Gasteiger charge is -2.12. The molecule has 10 aromatic rings. The van der Waals surface area contributed by atoms with Gasteiger partial charge < -0.3 is 4.42 Å². The fourth-order valence-corrected chi connectivity index (χ4v) is 7.14.